The average Bonchev–Trinajstić information content (AvgIpc) is 2.40. The molecule has 16 heavy (non-hydrogen) atoms. The van der Waals surface area contributed by atoms with Gasteiger partial charge in [-0.1, -0.05) is 6.07 Å². The van der Waals surface area contributed by atoms with Crippen molar-refractivity contribution < 1.29 is 8.42 Å². The minimum Gasteiger partial charge on any atom is -0.256 e. The number of rotatable bonds is 1. The molecular weight excluding hydrogens is 224 g/mol. The van der Waals surface area contributed by atoms with Crippen molar-refractivity contribution in [3.63, 3.8) is 0 Å². The highest BCUT2D eigenvalue weighted by Gasteiger charge is 2.33. The summed E-state index contributed by atoms with van der Waals surface area (Å²) in [5.41, 5.74) is 2.93. The number of benzene rings is 1. The van der Waals surface area contributed by atoms with Crippen LogP contribution in [0.1, 0.15) is 11.1 Å². The predicted octanol–water partition coefficient (Wildman–Crippen LogP) is 1.30. The van der Waals surface area contributed by atoms with E-state index in [-0.39, 0.29) is 0 Å². The van der Waals surface area contributed by atoms with Crippen molar-refractivity contribution in [2.75, 3.05) is 24.4 Å². The second kappa shape index (κ2) is 3.75. The number of nitrogens with zero attached hydrogens (tertiary/aromatic N) is 2. The summed E-state index contributed by atoms with van der Waals surface area (Å²) in [4.78, 5) is 0. The molecule has 1 heterocycles. The summed E-state index contributed by atoms with van der Waals surface area (Å²) in [6.45, 7) is 5.03. The first-order chi connectivity index (χ1) is 7.41. The van der Waals surface area contributed by atoms with Crippen LogP contribution in [0.2, 0.25) is 0 Å². The van der Waals surface area contributed by atoms with Crippen LogP contribution in [-0.4, -0.2) is 32.9 Å². The first kappa shape index (κ1) is 11.4. The molecule has 1 aromatic rings. The Morgan fingerprint density at radius 1 is 1.06 bits per heavy atom. The van der Waals surface area contributed by atoms with Crippen molar-refractivity contribution in [3.05, 3.63) is 29.3 Å². The Bertz CT molecular complexity index is 490. The summed E-state index contributed by atoms with van der Waals surface area (Å²) in [7, 11) is -1.68. The maximum absolute atomic E-state index is 12.0. The summed E-state index contributed by atoms with van der Waals surface area (Å²) >= 11 is 0. The molecule has 0 saturated carbocycles. The van der Waals surface area contributed by atoms with Crippen LogP contribution in [0.5, 0.6) is 0 Å². The van der Waals surface area contributed by atoms with Crippen molar-refractivity contribution in [1.82, 2.24) is 4.31 Å². The number of anilines is 1. The van der Waals surface area contributed by atoms with Gasteiger partial charge in [0.25, 0.3) is 0 Å². The van der Waals surface area contributed by atoms with Crippen LogP contribution >= 0.6 is 0 Å². The van der Waals surface area contributed by atoms with Crippen molar-refractivity contribution in [3.8, 4) is 0 Å². The van der Waals surface area contributed by atoms with Gasteiger partial charge in [0.05, 0.1) is 5.69 Å². The molecular formula is C11H16N2O2S. The average molecular weight is 240 g/mol. The van der Waals surface area contributed by atoms with Crippen LogP contribution in [0.3, 0.4) is 0 Å². The van der Waals surface area contributed by atoms with E-state index >= 15 is 0 Å². The lowest BCUT2D eigenvalue weighted by Gasteiger charge is -2.18. The molecule has 1 aliphatic rings. The van der Waals surface area contributed by atoms with E-state index in [1.54, 1.807) is 7.05 Å². The summed E-state index contributed by atoms with van der Waals surface area (Å²) < 4.78 is 26.8. The molecule has 0 aliphatic carbocycles. The van der Waals surface area contributed by atoms with Crippen molar-refractivity contribution in [1.29, 1.82) is 0 Å². The third-order valence-electron chi connectivity index (χ3n) is 2.78. The van der Waals surface area contributed by atoms with Crippen LogP contribution in [0.25, 0.3) is 0 Å². The molecule has 0 atom stereocenters. The van der Waals surface area contributed by atoms with Gasteiger partial charge in [-0.3, -0.25) is 4.31 Å². The molecule has 0 spiro atoms. The van der Waals surface area contributed by atoms with E-state index in [0.717, 1.165) is 16.8 Å². The van der Waals surface area contributed by atoms with Crippen LogP contribution in [0.15, 0.2) is 18.2 Å². The Kier molecular flexibility index (Phi) is 2.67. The summed E-state index contributed by atoms with van der Waals surface area (Å²) in [6, 6.07) is 5.85. The lowest BCUT2D eigenvalue weighted by atomic mass is 10.1. The summed E-state index contributed by atoms with van der Waals surface area (Å²) in [6.07, 6.45) is 0. The number of hydrogen-bond donors (Lipinski definition) is 0. The van der Waals surface area contributed by atoms with E-state index < -0.39 is 10.2 Å². The Balaban J connectivity index is 2.46. The summed E-state index contributed by atoms with van der Waals surface area (Å²) in [5.74, 6) is 0. The largest absolute Gasteiger partial charge is 0.303 e. The van der Waals surface area contributed by atoms with Crippen LogP contribution in [-0.2, 0) is 10.2 Å². The molecule has 2 rings (SSSR count). The fourth-order valence-corrected chi connectivity index (χ4v) is 3.32. The maximum Gasteiger partial charge on any atom is 0.303 e. The van der Waals surface area contributed by atoms with E-state index in [1.807, 2.05) is 32.0 Å². The zero-order valence-electron chi connectivity index (χ0n) is 9.77. The lowest BCUT2D eigenvalue weighted by molar-refractivity contribution is 0.511. The minimum absolute atomic E-state index is 0.529. The third-order valence-corrected chi connectivity index (χ3v) is 4.71. The standard InChI is InChI=1S/C11H16N2O2S/c1-9-6-10(2)8-11(7-9)13-5-4-12(3)16(13,14)15/h6-8H,4-5H2,1-3H3. The number of hydrogen-bond acceptors (Lipinski definition) is 2. The Labute approximate surface area is 96.7 Å². The molecule has 4 nitrogen and oxygen atoms in total. The monoisotopic (exact) mass is 240 g/mol. The fraction of sp³-hybridized carbons (Fsp3) is 0.455. The van der Waals surface area contributed by atoms with E-state index in [2.05, 4.69) is 0 Å². The Hall–Kier alpha value is -1.07. The van der Waals surface area contributed by atoms with Gasteiger partial charge in [0, 0.05) is 20.1 Å². The van der Waals surface area contributed by atoms with Gasteiger partial charge in [0.15, 0.2) is 0 Å². The van der Waals surface area contributed by atoms with Gasteiger partial charge in [-0.15, -0.1) is 0 Å². The maximum atomic E-state index is 12.0. The Morgan fingerprint density at radius 3 is 2.06 bits per heavy atom. The fourth-order valence-electron chi connectivity index (χ4n) is 1.99. The molecule has 0 bridgehead atoms. The van der Waals surface area contributed by atoms with E-state index in [0.29, 0.717) is 13.1 Å². The van der Waals surface area contributed by atoms with Crippen molar-refractivity contribution in [2.45, 2.75) is 13.8 Å². The first-order valence-corrected chi connectivity index (χ1v) is 6.63. The molecule has 0 N–H and O–H groups in total. The lowest BCUT2D eigenvalue weighted by Crippen LogP contribution is -2.30. The normalized spacial score (nSPS) is 20.3. The van der Waals surface area contributed by atoms with Crippen LogP contribution in [0, 0.1) is 13.8 Å². The quantitative estimate of drug-likeness (QED) is 0.742. The molecule has 0 radical (unpaired) electrons. The van der Waals surface area contributed by atoms with Gasteiger partial charge >= 0.3 is 10.2 Å². The molecule has 0 amide bonds. The van der Waals surface area contributed by atoms with Crippen LogP contribution in [0.4, 0.5) is 5.69 Å². The molecule has 88 valence electrons. The van der Waals surface area contributed by atoms with Crippen LogP contribution < -0.4 is 4.31 Å². The van der Waals surface area contributed by atoms with Gasteiger partial charge < -0.3 is 0 Å². The van der Waals surface area contributed by atoms with Gasteiger partial charge in [0.1, 0.15) is 0 Å². The van der Waals surface area contributed by atoms with E-state index in [1.165, 1.54) is 8.61 Å². The molecule has 1 aliphatic heterocycles. The highest BCUT2D eigenvalue weighted by atomic mass is 32.2. The van der Waals surface area contributed by atoms with Gasteiger partial charge in [0.2, 0.25) is 0 Å². The van der Waals surface area contributed by atoms with E-state index in [9.17, 15) is 8.42 Å². The molecule has 1 fully saturated rings. The minimum atomic E-state index is -3.29. The highest BCUT2D eigenvalue weighted by molar-refractivity contribution is 7.90. The van der Waals surface area contributed by atoms with Gasteiger partial charge in [-0.25, -0.2) is 0 Å². The second-order valence-corrected chi connectivity index (χ2v) is 6.21. The topological polar surface area (TPSA) is 40.6 Å². The molecule has 5 heteroatoms. The molecule has 0 unspecified atom stereocenters. The zero-order chi connectivity index (χ0) is 11.9. The van der Waals surface area contributed by atoms with Crippen molar-refractivity contribution >= 4 is 15.9 Å². The summed E-state index contributed by atoms with van der Waals surface area (Å²) in [5, 5.41) is 0. The molecule has 1 aromatic carbocycles. The predicted molar refractivity (Wildman–Crippen MR) is 64.8 cm³/mol. The van der Waals surface area contributed by atoms with Gasteiger partial charge in [-0.05, 0) is 37.1 Å². The highest BCUT2D eigenvalue weighted by Crippen LogP contribution is 2.25. The third kappa shape index (κ3) is 1.81. The van der Waals surface area contributed by atoms with E-state index in [4.69, 9.17) is 0 Å². The molecule has 1 saturated heterocycles. The smallest absolute Gasteiger partial charge is 0.256 e. The Morgan fingerprint density at radius 2 is 1.62 bits per heavy atom. The number of likely N-dealkylation sites (N-methyl/N-ethyl adjacent to an activating group) is 1. The molecule has 0 aromatic heterocycles. The zero-order valence-corrected chi connectivity index (χ0v) is 10.6. The SMILES string of the molecule is Cc1cc(C)cc(N2CCN(C)S2(=O)=O)c1. The number of aryl methyl sites for hydroxylation is 2. The van der Waals surface area contributed by atoms with Crippen molar-refractivity contribution in [2.24, 2.45) is 0 Å². The van der Waals surface area contributed by atoms with Gasteiger partial charge in [-0.2, -0.15) is 12.7 Å². The second-order valence-electron chi connectivity index (χ2n) is 4.25. The first-order valence-electron chi connectivity index (χ1n) is 5.23.